The Bertz CT molecular complexity index is 904. The average molecular weight is 368 g/mol. The van der Waals surface area contributed by atoms with Gasteiger partial charge in [0.15, 0.2) is 12.4 Å². The molecule has 3 aromatic rings. The van der Waals surface area contributed by atoms with E-state index >= 15 is 0 Å². The van der Waals surface area contributed by atoms with Gasteiger partial charge in [-0.1, -0.05) is 53.2 Å². The van der Waals surface area contributed by atoms with Crippen molar-refractivity contribution in [3.05, 3.63) is 70.6 Å². The first kappa shape index (κ1) is 18.2. The van der Waals surface area contributed by atoms with Crippen molar-refractivity contribution in [3.8, 4) is 5.75 Å². The maximum atomic E-state index is 12.4. The first-order valence-electron chi connectivity index (χ1n) is 8.26. The van der Waals surface area contributed by atoms with Crippen LogP contribution in [0.3, 0.4) is 0 Å². The van der Waals surface area contributed by atoms with Crippen molar-refractivity contribution in [2.24, 2.45) is 0 Å². The quantitative estimate of drug-likeness (QED) is 0.450. The van der Waals surface area contributed by atoms with Crippen LogP contribution < -0.4 is 4.74 Å². The molecular weight excluding hydrogens is 348 g/mol. The van der Waals surface area contributed by atoms with Crippen molar-refractivity contribution in [2.45, 2.75) is 32.6 Å². The predicted octanol–water partition coefficient (Wildman–Crippen LogP) is 4.55. The van der Waals surface area contributed by atoms with Crippen LogP contribution >= 0.6 is 11.8 Å². The molecule has 134 valence electrons. The molecule has 0 amide bonds. The minimum atomic E-state index is 0.0446. The number of hydrogen-bond acceptors (Lipinski definition) is 6. The number of hydrogen-bond donors (Lipinski definition) is 0. The van der Waals surface area contributed by atoms with Crippen LogP contribution in [0.25, 0.3) is 0 Å². The zero-order chi connectivity index (χ0) is 18.5. The summed E-state index contributed by atoms with van der Waals surface area (Å²) in [5.41, 5.74) is 4.02. The highest BCUT2D eigenvalue weighted by atomic mass is 32.2. The molecule has 0 aliphatic rings. The molecule has 0 aliphatic carbocycles. The fourth-order valence-electron chi connectivity index (χ4n) is 2.47. The average Bonchev–Trinajstić information content (AvgIpc) is 3.07. The molecule has 0 saturated heterocycles. The van der Waals surface area contributed by atoms with Crippen LogP contribution in [0, 0.1) is 20.8 Å². The van der Waals surface area contributed by atoms with Gasteiger partial charge in [0, 0.05) is 5.56 Å². The summed E-state index contributed by atoms with van der Waals surface area (Å²) < 4.78 is 11.1. The highest BCUT2D eigenvalue weighted by Gasteiger charge is 2.13. The second-order valence-electron chi connectivity index (χ2n) is 6.09. The molecule has 0 atom stereocenters. The van der Waals surface area contributed by atoms with Gasteiger partial charge in [0.2, 0.25) is 0 Å². The zero-order valence-corrected chi connectivity index (χ0v) is 15.8. The first-order valence-corrected chi connectivity index (χ1v) is 9.25. The molecule has 5 nitrogen and oxygen atoms in total. The Hall–Kier alpha value is -2.60. The highest BCUT2D eigenvalue weighted by Crippen LogP contribution is 2.20. The number of rotatable bonds is 7. The number of thioether (sulfide) groups is 1. The van der Waals surface area contributed by atoms with Gasteiger partial charge in [-0.05, 0) is 38.5 Å². The van der Waals surface area contributed by atoms with Gasteiger partial charge < -0.3 is 9.15 Å². The summed E-state index contributed by atoms with van der Waals surface area (Å²) in [6, 6.07) is 13.5. The summed E-state index contributed by atoms with van der Waals surface area (Å²) in [5.74, 6) is 1.42. The van der Waals surface area contributed by atoms with Crippen LogP contribution in [0.2, 0.25) is 0 Å². The Morgan fingerprint density at radius 2 is 1.77 bits per heavy atom. The minimum absolute atomic E-state index is 0.0446. The molecule has 0 fully saturated rings. The van der Waals surface area contributed by atoms with Crippen molar-refractivity contribution < 1.29 is 13.9 Å². The van der Waals surface area contributed by atoms with E-state index in [1.807, 2.05) is 63.2 Å². The van der Waals surface area contributed by atoms with E-state index in [0.717, 1.165) is 22.4 Å². The second kappa shape index (κ2) is 8.19. The SMILES string of the molecule is Cc1ccc(OCc2nnc(SCC(=O)c3ccc(C)cc3C)o2)cc1. The van der Waals surface area contributed by atoms with Crippen LogP contribution in [-0.4, -0.2) is 21.7 Å². The van der Waals surface area contributed by atoms with Gasteiger partial charge >= 0.3 is 0 Å². The number of nitrogens with zero attached hydrogens (tertiary/aromatic N) is 2. The number of ketones is 1. The van der Waals surface area contributed by atoms with Crippen LogP contribution in [0.1, 0.15) is 32.9 Å². The van der Waals surface area contributed by atoms with Crippen LogP contribution in [0.4, 0.5) is 0 Å². The van der Waals surface area contributed by atoms with Gasteiger partial charge in [-0.25, -0.2) is 0 Å². The molecule has 1 aromatic heterocycles. The third-order valence-corrected chi connectivity index (χ3v) is 4.66. The number of carbonyl (C=O) groups is 1. The molecule has 0 saturated carbocycles. The molecule has 0 unspecified atom stereocenters. The lowest BCUT2D eigenvalue weighted by atomic mass is 10.0. The normalized spacial score (nSPS) is 10.7. The molecule has 0 spiro atoms. The molecule has 6 heteroatoms. The number of ether oxygens (including phenoxy) is 1. The third kappa shape index (κ3) is 4.73. The standard InChI is InChI=1S/C20H20N2O3S/c1-13-4-7-16(8-5-13)24-11-19-21-22-20(25-19)26-12-18(23)17-9-6-14(2)10-15(17)3/h4-10H,11-12H2,1-3H3. The summed E-state index contributed by atoms with van der Waals surface area (Å²) in [6.07, 6.45) is 0. The molecule has 3 rings (SSSR count). The fraction of sp³-hybridized carbons (Fsp3) is 0.250. The predicted molar refractivity (Wildman–Crippen MR) is 101 cm³/mol. The van der Waals surface area contributed by atoms with E-state index in [9.17, 15) is 4.79 Å². The van der Waals surface area contributed by atoms with Crippen molar-refractivity contribution in [1.82, 2.24) is 10.2 Å². The number of aromatic nitrogens is 2. The molecule has 1 heterocycles. The van der Waals surface area contributed by atoms with E-state index in [0.29, 0.717) is 11.1 Å². The van der Waals surface area contributed by atoms with E-state index < -0.39 is 0 Å². The van der Waals surface area contributed by atoms with Gasteiger partial charge in [-0.15, -0.1) is 10.2 Å². The number of Topliss-reactive ketones (excluding diaryl/α,β-unsaturated/α-hetero) is 1. The van der Waals surface area contributed by atoms with E-state index in [4.69, 9.17) is 9.15 Å². The summed E-state index contributed by atoms with van der Waals surface area (Å²) in [5, 5.41) is 8.28. The molecular formula is C20H20N2O3S. The second-order valence-corrected chi connectivity index (χ2v) is 7.02. The highest BCUT2D eigenvalue weighted by molar-refractivity contribution is 7.99. The summed E-state index contributed by atoms with van der Waals surface area (Å²) in [6.45, 7) is 6.17. The topological polar surface area (TPSA) is 65.2 Å². The van der Waals surface area contributed by atoms with Gasteiger partial charge in [0.05, 0.1) is 5.75 Å². The Balaban J connectivity index is 1.53. The first-order chi connectivity index (χ1) is 12.5. The van der Waals surface area contributed by atoms with Crippen LogP contribution in [-0.2, 0) is 6.61 Å². The number of benzene rings is 2. The van der Waals surface area contributed by atoms with Crippen LogP contribution in [0.15, 0.2) is 52.1 Å². The minimum Gasteiger partial charge on any atom is -0.484 e. The van der Waals surface area contributed by atoms with Gasteiger partial charge in [-0.3, -0.25) is 4.79 Å². The van der Waals surface area contributed by atoms with E-state index in [1.54, 1.807) is 0 Å². The molecule has 0 aliphatic heterocycles. The Kier molecular flexibility index (Phi) is 5.73. The lowest BCUT2D eigenvalue weighted by Gasteiger charge is -2.04. The summed E-state index contributed by atoms with van der Waals surface area (Å²) >= 11 is 1.24. The Morgan fingerprint density at radius 3 is 2.50 bits per heavy atom. The monoisotopic (exact) mass is 368 g/mol. The van der Waals surface area contributed by atoms with Crippen LogP contribution in [0.5, 0.6) is 5.75 Å². The third-order valence-electron chi connectivity index (χ3n) is 3.84. The fourth-order valence-corrected chi connectivity index (χ4v) is 3.13. The maximum Gasteiger partial charge on any atom is 0.277 e. The Morgan fingerprint density at radius 1 is 1.04 bits per heavy atom. The number of aryl methyl sites for hydroxylation is 3. The summed E-state index contributed by atoms with van der Waals surface area (Å²) in [7, 11) is 0. The van der Waals surface area contributed by atoms with Crippen molar-refractivity contribution in [2.75, 3.05) is 5.75 Å². The van der Waals surface area contributed by atoms with Gasteiger partial charge in [0.25, 0.3) is 11.1 Å². The molecule has 0 N–H and O–H groups in total. The molecule has 2 aromatic carbocycles. The number of carbonyl (C=O) groups excluding carboxylic acids is 1. The lowest BCUT2D eigenvalue weighted by molar-refractivity contribution is 0.102. The van der Waals surface area contributed by atoms with Crippen molar-refractivity contribution in [1.29, 1.82) is 0 Å². The smallest absolute Gasteiger partial charge is 0.277 e. The van der Waals surface area contributed by atoms with Crippen molar-refractivity contribution in [3.63, 3.8) is 0 Å². The van der Waals surface area contributed by atoms with Crippen molar-refractivity contribution >= 4 is 17.5 Å². The van der Waals surface area contributed by atoms with Gasteiger partial charge in [-0.2, -0.15) is 0 Å². The van der Waals surface area contributed by atoms with E-state index in [1.165, 1.54) is 17.3 Å². The molecule has 0 radical (unpaired) electrons. The zero-order valence-electron chi connectivity index (χ0n) is 15.0. The van der Waals surface area contributed by atoms with E-state index in [-0.39, 0.29) is 18.1 Å². The Labute approximate surface area is 156 Å². The largest absolute Gasteiger partial charge is 0.484 e. The van der Waals surface area contributed by atoms with E-state index in [2.05, 4.69) is 10.2 Å². The molecule has 0 bridgehead atoms. The lowest BCUT2D eigenvalue weighted by Crippen LogP contribution is -2.04. The maximum absolute atomic E-state index is 12.4. The molecule has 26 heavy (non-hydrogen) atoms. The van der Waals surface area contributed by atoms with Gasteiger partial charge in [0.1, 0.15) is 5.75 Å². The summed E-state index contributed by atoms with van der Waals surface area (Å²) in [4.78, 5) is 12.4.